The van der Waals surface area contributed by atoms with Crippen molar-refractivity contribution in [3.63, 3.8) is 0 Å². The van der Waals surface area contributed by atoms with Gasteiger partial charge in [0, 0.05) is 21.4 Å². The first-order valence-corrected chi connectivity index (χ1v) is 7.27. The largest absolute Gasteiger partial charge is 0.318 e. The van der Waals surface area contributed by atoms with Gasteiger partial charge in [-0.2, -0.15) is 0 Å². The molecule has 0 aromatic heterocycles. The number of nitrogens with one attached hydrogen (secondary N) is 2. The van der Waals surface area contributed by atoms with Crippen molar-refractivity contribution in [1.29, 1.82) is 0 Å². The molecule has 0 saturated heterocycles. The Morgan fingerprint density at radius 3 is 1.95 bits per heavy atom. The van der Waals surface area contributed by atoms with Gasteiger partial charge in [-0.25, -0.2) is 0 Å². The number of aryl methyl sites for hydroxylation is 2. The van der Waals surface area contributed by atoms with E-state index in [-0.39, 0.29) is 0 Å². The lowest BCUT2D eigenvalue weighted by Gasteiger charge is -2.10. The summed E-state index contributed by atoms with van der Waals surface area (Å²) in [4.78, 5) is 23.9. The number of hydrogen-bond acceptors (Lipinski definition) is 2. The Balaban J connectivity index is 2.09. The van der Waals surface area contributed by atoms with Crippen molar-refractivity contribution in [1.82, 2.24) is 0 Å². The first-order valence-electron chi connectivity index (χ1n) is 6.51. The molecule has 2 aromatic rings. The van der Waals surface area contributed by atoms with Crippen LogP contribution in [0.3, 0.4) is 0 Å². The smallest absolute Gasteiger partial charge is 0.314 e. The van der Waals surface area contributed by atoms with Crippen molar-refractivity contribution in [3.8, 4) is 0 Å². The normalized spacial score (nSPS) is 10.2. The Morgan fingerprint density at radius 2 is 1.32 bits per heavy atom. The van der Waals surface area contributed by atoms with Gasteiger partial charge in [0.15, 0.2) is 0 Å². The molecule has 0 aliphatic rings. The maximum absolute atomic E-state index is 12.0. The monoisotopic (exact) mass is 336 g/mol. The maximum atomic E-state index is 12.0. The van der Waals surface area contributed by atoms with Crippen LogP contribution in [0.15, 0.2) is 36.4 Å². The number of carbonyl (C=O) groups excluding carboxylic acids is 2. The molecular formula is C16H14Cl2N2O2. The fraction of sp³-hybridized carbons (Fsp3) is 0.125. The fourth-order valence-corrected chi connectivity index (χ4v) is 2.25. The van der Waals surface area contributed by atoms with Gasteiger partial charge < -0.3 is 10.6 Å². The van der Waals surface area contributed by atoms with Crippen LogP contribution in [0.25, 0.3) is 0 Å². The van der Waals surface area contributed by atoms with Crippen LogP contribution in [0, 0.1) is 13.8 Å². The summed E-state index contributed by atoms with van der Waals surface area (Å²) in [6, 6.07) is 10.1. The summed E-state index contributed by atoms with van der Waals surface area (Å²) >= 11 is 11.7. The van der Waals surface area contributed by atoms with E-state index in [0.29, 0.717) is 21.4 Å². The maximum Gasteiger partial charge on any atom is 0.314 e. The minimum atomic E-state index is -0.764. The molecule has 4 nitrogen and oxygen atoms in total. The molecule has 2 N–H and O–H groups in total. The van der Waals surface area contributed by atoms with E-state index in [9.17, 15) is 9.59 Å². The highest BCUT2D eigenvalue weighted by Gasteiger charge is 2.16. The van der Waals surface area contributed by atoms with E-state index in [1.165, 1.54) is 0 Å². The third-order valence-corrected chi connectivity index (χ3v) is 3.56. The van der Waals surface area contributed by atoms with Crippen LogP contribution in [0.2, 0.25) is 10.0 Å². The van der Waals surface area contributed by atoms with E-state index in [4.69, 9.17) is 23.2 Å². The number of anilines is 2. The summed E-state index contributed by atoms with van der Waals surface area (Å²) in [5.74, 6) is -1.52. The molecule has 0 radical (unpaired) electrons. The molecular weight excluding hydrogens is 323 g/mol. The summed E-state index contributed by atoms with van der Waals surface area (Å²) in [7, 11) is 0. The molecule has 0 fully saturated rings. The molecule has 0 unspecified atom stereocenters. The molecule has 114 valence electrons. The van der Waals surface area contributed by atoms with Crippen molar-refractivity contribution in [3.05, 3.63) is 57.6 Å². The zero-order valence-corrected chi connectivity index (χ0v) is 13.5. The highest BCUT2D eigenvalue weighted by Crippen LogP contribution is 2.21. The lowest BCUT2D eigenvalue weighted by atomic mass is 10.2. The average molecular weight is 337 g/mol. The summed E-state index contributed by atoms with van der Waals surface area (Å²) in [6.45, 7) is 3.60. The van der Waals surface area contributed by atoms with E-state index >= 15 is 0 Å². The van der Waals surface area contributed by atoms with E-state index in [0.717, 1.165) is 11.1 Å². The van der Waals surface area contributed by atoms with Gasteiger partial charge in [0.25, 0.3) is 0 Å². The van der Waals surface area contributed by atoms with Crippen molar-refractivity contribution >= 4 is 46.4 Å². The molecule has 2 aromatic carbocycles. The highest BCUT2D eigenvalue weighted by atomic mass is 35.5. The molecule has 0 atom stereocenters. The first kappa shape index (κ1) is 16.3. The molecule has 0 heterocycles. The van der Waals surface area contributed by atoms with Gasteiger partial charge in [-0.3, -0.25) is 9.59 Å². The average Bonchev–Trinajstić information content (AvgIpc) is 2.45. The van der Waals surface area contributed by atoms with Gasteiger partial charge in [0.05, 0.1) is 0 Å². The third-order valence-electron chi connectivity index (χ3n) is 3.09. The predicted molar refractivity (Wildman–Crippen MR) is 89.6 cm³/mol. The van der Waals surface area contributed by atoms with Gasteiger partial charge in [0.1, 0.15) is 0 Å². The Hall–Kier alpha value is -2.04. The molecule has 2 rings (SSSR count). The molecule has 0 saturated carbocycles. The van der Waals surface area contributed by atoms with Crippen molar-refractivity contribution in [2.45, 2.75) is 13.8 Å². The van der Waals surface area contributed by atoms with Gasteiger partial charge in [-0.1, -0.05) is 29.3 Å². The summed E-state index contributed by atoms with van der Waals surface area (Å²) in [5, 5.41) is 6.14. The molecule has 0 bridgehead atoms. The molecule has 22 heavy (non-hydrogen) atoms. The van der Waals surface area contributed by atoms with Gasteiger partial charge >= 0.3 is 11.8 Å². The SMILES string of the molecule is Cc1cc(Cl)ccc1NC(=O)C(=O)Nc1cc(Cl)ccc1C. The van der Waals surface area contributed by atoms with Crippen LogP contribution in [0.1, 0.15) is 11.1 Å². The van der Waals surface area contributed by atoms with Crippen LogP contribution in [-0.2, 0) is 9.59 Å². The topological polar surface area (TPSA) is 58.2 Å². The fourth-order valence-electron chi connectivity index (χ4n) is 1.85. The highest BCUT2D eigenvalue weighted by molar-refractivity contribution is 6.44. The van der Waals surface area contributed by atoms with Crippen LogP contribution >= 0.6 is 23.2 Å². The van der Waals surface area contributed by atoms with E-state index in [2.05, 4.69) is 10.6 Å². The minimum absolute atomic E-state index is 0.481. The number of hydrogen-bond donors (Lipinski definition) is 2. The zero-order chi connectivity index (χ0) is 16.3. The van der Waals surface area contributed by atoms with Crippen LogP contribution in [0.4, 0.5) is 11.4 Å². The van der Waals surface area contributed by atoms with Crippen LogP contribution < -0.4 is 10.6 Å². The van der Waals surface area contributed by atoms with Gasteiger partial charge in [-0.05, 0) is 55.3 Å². The lowest BCUT2D eigenvalue weighted by molar-refractivity contribution is -0.133. The Kier molecular flexibility index (Phi) is 5.06. The summed E-state index contributed by atoms with van der Waals surface area (Å²) in [5.41, 5.74) is 2.62. The first-order chi connectivity index (χ1) is 10.4. The van der Waals surface area contributed by atoms with Crippen LogP contribution in [0.5, 0.6) is 0 Å². The van der Waals surface area contributed by atoms with E-state index in [1.807, 2.05) is 6.92 Å². The number of halogens is 2. The van der Waals surface area contributed by atoms with Gasteiger partial charge in [0.2, 0.25) is 0 Å². The zero-order valence-electron chi connectivity index (χ0n) is 12.0. The quantitative estimate of drug-likeness (QED) is 0.808. The van der Waals surface area contributed by atoms with E-state index < -0.39 is 11.8 Å². The van der Waals surface area contributed by atoms with E-state index in [1.54, 1.807) is 43.3 Å². The Morgan fingerprint density at radius 1 is 0.773 bits per heavy atom. The predicted octanol–water partition coefficient (Wildman–Crippen LogP) is 4.19. The standard InChI is InChI=1S/C16H14Cl2N2O2/c1-9-3-4-12(18)8-14(9)20-16(22)15(21)19-13-6-5-11(17)7-10(13)2/h3-8H,1-2H3,(H,19,21)(H,20,22). The number of rotatable bonds is 2. The van der Waals surface area contributed by atoms with Crippen molar-refractivity contribution in [2.24, 2.45) is 0 Å². The number of amides is 2. The van der Waals surface area contributed by atoms with Crippen LogP contribution in [-0.4, -0.2) is 11.8 Å². The lowest BCUT2D eigenvalue weighted by Crippen LogP contribution is -2.29. The second-order valence-corrected chi connectivity index (χ2v) is 5.70. The number of benzene rings is 2. The molecule has 2 amide bonds. The third kappa shape index (κ3) is 4.00. The number of carbonyl (C=O) groups is 2. The van der Waals surface area contributed by atoms with Gasteiger partial charge in [-0.15, -0.1) is 0 Å². The molecule has 0 aliphatic heterocycles. The van der Waals surface area contributed by atoms with Crippen molar-refractivity contribution < 1.29 is 9.59 Å². The second kappa shape index (κ2) is 6.81. The summed E-state index contributed by atoms with van der Waals surface area (Å²) < 4.78 is 0. The Bertz CT molecular complexity index is 745. The Labute approximate surface area is 138 Å². The molecule has 6 heteroatoms. The second-order valence-electron chi connectivity index (χ2n) is 4.83. The minimum Gasteiger partial charge on any atom is -0.318 e. The summed E-state index contributed by atoms with van der Waals surface area (Å²) in [6.07, 6.45) is 0. The van der Waals surface area contributed by atoms with Crippen molar-refractivity contribution in [2.75, 3.05) is 10.6 Å². The molecule has 0 spiro atoms. The molecule has 0 aliphatic carbocycles.